The molecule has 37 heavy (non-hydrogen) atoms. The van der Waals surface area contributed by atoms with Crippen LogP contribution in [-0.2, 0) is 6.54 Å². The highest BCUT2D eigenvalue weighted by atomic mass is 35.5. The Balaban J connectivity index is 1.57. The number of aryl methyl sites for hydroxylation is 1. The van der Waals surface area contributed by atoms with E-state index in [9.17, 15) is 9.59 Å². The molecule has 0 atom stereocenters. The van der Waals surface area contributed by atoms with E-state index in [1.54, 1.807) is 18.3 Å². The fourth-order valence-electron chi connectivity index (χ4n) is 5.39. The third-order valence-electron chi connectivity index (χ3n) is 7.42. The molecule has 2 aromatic heterocycles. The highest BCUT2D eigenvalue weighted by molar-refractivity contribution is 7.13. The molecule has 198 valence electrons. The Hall–Kier alpha value is -2.68. The third-order valence-corrected chi connectivity index (χ3v) is 8.43. The Morgan fingerprint density at radius 3 is 2.49 bits per heavy atom. The number of pyridine rings is 1. The van der Waals surface area contributed by atoms with Gasteiger partial charge in [-0.05, 0) is 78.2 Å². The van der Waals surface area contributed by atoms with Gasteiger partial charge in [-0.15, -0.1) is 11.3 Å². The summed E-state index contributed by atoms with van der Waals surface area (Å²) in [6.07, 6.45) is 6.24. The predicted molar refractivity (Wildman–Crippen MR) is 153 cm³/mol. The number of benzene rings is 1. The number of H-pyrrole nitrogens is 1. The number of aromatic amines is 1. The van der Waals surface area contributed by atoms with Gasteiger partial charge >= 0.3 is 0 Å². The van der Waals surface area contributed by atoms with Crippen LogP contribution in [0, 0.1) is 13.8 Å². The van der Waals surface area contributed by atoms with Crippen LogP contribution in [0.3, 0.4) is 0 Å². The van der Waals surface area contributed by atoms with Gasteiger partial charge in [0.2, 0.25) is 0 Å². The molecule has 2 N–H and O–H groups in total. The van der Waals surface area contributed by atoms with E-state index in [-0.39, 0.29) is 17.9 Å². The van der Waals surface area contributed by atoms with Gasteiger partial charge in [0.25, 0.3) is 5.91 Å². The van der Waals surface area contributed by atoms with Crippen molar-refractivity contribution in [1.29, 1.82) is 0 Å². The first-order chi connectivity index (χ1) is 17.7. The molecule has 1 aromatic carbocycles. The third kappa shape index (κ3) is 6.08. The van der Waals surface area contributed by atoms with Crippen molar-refractivity contribution >= 4 is 34.5 Å². The van der Waals surface area contributed by atoms with E-state index in [0.29, 0.717) is 38.9 Å². The first kappa shape index (κ1) is 27.4. The van der Waals surface area contributed by atoms with Gasteiger partial charge < -0.3 is 20.1 Å². The average Bonchev–Trinajstić information content (AvgIpc) is 3.40. The van der Waals surface area contributed by atoms with Crippen LogP contribution >= 0.6 is 22.9 Å². The minimum Gasteiger partial charge on any atom is -0.369 e. The maximum Gasteiger partial charge on any atom is 0.251 e. The SMILES string of the molecule is CCN(c1cc(Cl)cc(C(=O)NCc2c(-c3nccs3)[nH]c(C)cc2=O)c1C)C1CCC(N(C)C)CC1. The summed E-state index contributed by atoms with van der Waals surface area (Å²) in [4.78, 5) is 38.5. The van der Waals surface area contributed by atoms with Gasteiger partial charge in [0, 0.05) is 70.3 Å². The van der Waals surface area contributed by atoms with Gasteiger partial charge in [0.1, 0.15) is 5.01 Å². The number of aromatic nitrogens is 2. The van der Waals surface area contributed by atoms with Crippen molar-refractivity contribution in [2.75, 3.05) is 25.5 Å². The number of carbonyl (C=O) groups is 1. The van der Waals surface area contributed by atoms with Crippen molar-refractivity contribution in [3.8, 4) is 10.7 Å². The minimum absolute atomic E-state index is 0.0939. The van der Waals surface area contributed by atoms with E-state index >= 15 is 0 Å². The van der Waals surface area contributed by atoms with Crippen molar-refractivity contribution in [3.05, 3.63) is 67.4 Å². The molecule has 1 amide bonds. The summed E-state index contributed by atoms with van der Waals surface area (Å²) in [6.45, 7) is 6.91. The van der Waals surface area contributed by atoms with Crippen LogP contribution in [0.2, 0.25) is 5.02 Å². The molecule has 0 radical (unpaired) electrons. The first-order valence-electron chi connectivity index (χ1n) is 12.8. The summed E-state index contributed by atoms with van der Waals surface area (Å²) in [5.41, 5.74) is 4.19. The number of rotatable bonds is 8. The molecular weight excluding hydrogens is 506 g/mol. The predicted octanol–water partition coefficient (Wildman–Crippen LogP) is 5.40. The van der Waals surface area contributed by atoms with Gasteiger partial charge in [-0.1, -0.05) is 11.6 Å². The molecule has 1 aliphatic rings. The number of hydrogen-bond acceptors (Lipinski definition) is 6. The van der Waals surface area contributed by atoms with Crippen LogP contribution in [0.5, 0.6) is 0 Å². The number of hydrogen-bond donors (Lipinski definition) is 2. The number of nitrogens with zero attached hydrogens (tertiary/aromatic N) is 3. The van der Waals surface area contributed by atoms with Gasteiger partial charge in [-0.3, -0.25) is 9.59 Å². The van der Waals surface area contributed by atoms with Crippen molar-refractivity contribution < 1.29 is 4.79 Å². The highest BCUT2D eigenvalue weighted by Crippen LogP contribution is 2.34. The Labute approximate surface area is 227 Å². The van der Waals surface area contributed by atoms with Crippen LogP contribution in [0.15, 0.2) is 34.6 Å². The van der Waals surface area contributed by atoms with Gasteiger partial charge in [0.05, 0.1) is 5.69 Å². The molecule has 0 aliphatic heterocycles. The molecule has 0 spiro atoms. The number of carbonyl (C=O) groups excluding carboxylic acids is 1. The van der Waals surface area contributed by atoms with Crippen molar-refractivity contribution in [1.82, 2.24) is 20.2 Å². The second kappa shape index (κ2) is 11.8. The summed E-state index contributed by atoms with van der Waals surface area (Å²) in [5, 5.41) is 6.07. The summed E-state index contributed by atoms with van der Waals surface area (Å²) >= 11 is 7.99. The Morgan fingerprint density at radius 1 is 1.16 bits per heavy atom. The molecule has 4 rings (SSSR count). The van der Waals surface area contributed by atoms with Gasteiger partial charge in [-0.25, -0.2) is 4.98 Å². The summed E-state index contributed by atoms with van der Waals surface area (Å²) < 4.78 is 0. The maximum absolute atomic E-state index is 13.4. The molecule has 2 heterocycles. The Bertz CT molecular complexity index is 1300. The Morgan fingerprint density at radius 2 is 1.86 bits per heavy atom. The zero-order valence-corrected chi connectivity index (χ0v) is 23.8. The molecule has 0 saturated heterocycles. The van der Waals surface area contributed by atoms with Crippen LogP contribution in [-0.4, -0.2) is 53.5 Å². The fraction of sp³-hybridized carbons (Fsp3) is 0.464. The van der Waals surface area contributed by atoms with E-state index in [2.05, 4.69) is 46.1 Å². The van der Waals surface area contributed by atoms with Crippen LogP contribution in [0.25, 0.3) is 10.7 Å². The summed E-state index contributed by atoms with van der Waals surface area (Å²) in [6, 6.07) is 6.27. The number of halogens is 1. The molecular formula is C28H36ClN5O2S. The maximum atomic E-state index is 13.4. The molecule has 9 heteroatoms. The second-order valence-corrected chi connectivity index (χ2v) is 11.3. The van der Waals surface area contributed by atoms with E-state index in [1.165, 1.54) is 11.3 Å². The number of thiazole rings is 1. The summed E-state index contributed by atoms with van der Waals surface area (Å²) in [7, 11) is 4.30. The lowest BCUT2D eigenvalue weighted by Crippen LogP contribution is -2.42. The van der Waals surface area contributed by atoms with E-state index < -0.39 is 0 Å². The lowest BCUT2D eigenvalue weighted by Gasteiger charge is -2.40. The zero-order chi connectivity index (χ0) is 26.7. The van der Waals surface area contributed by atoms with Gasteiger partial charge in [0.15, 0.2) is 5.43 Å². The molecule has 3 aromatic rings. The van der Waals surface area contributed by atoms with E-state index in [4.69, 9.17) is 11.6 Å². The molecule has 1 saturated carbocycles. The Kier molecular flexibility index (Phi) is 8.72. The number of nitrogens with one attached hydrogen (secondary N) is 2. The molecule has 0 bridgehead atoms. The topological polar surface area (TPSA) is 81.3 Å². The number of anilines is 1. The second-order valence-electron chi connectivity index (χ2n) is 10.00. The lowest BCUT2D eigenvalue weighted by atomic mass is 9.89. The van der Waals surface area contributed by atoms with Crippen LogP contribution in [0.4, 0.5) is 5.69 Å². The van der Waals surface area contributed by atoms with E-state index in [0.717, 1.165) is 49.2 Å². The average molecular weight is 542 g/mol. The summed E-state index contributed by atoms with van der Waals surface area (Å²) in [5.74, 6) is -0.251. The van der Waals surface area contributed by atoms with Crippen molar-refractivity contribution in [2.24, 2.45) is 0 Å². The van der Waals surface area contributed by atoms with Crippen molar-refractivity contribution in [3.63, 3.8) is 0 Å². The largest absolute Gasteiger partial charge is 0.369 e. The van der Waals surface area contributed by atoms with Crippen molar-refractivity contribution in [2.45, 2.75) is 65.1 Å². The standard InChI is InChI=1S/C28H36ClN5O2S/c1-6-34(21-9-7-20(8-10-21)33(4)5)24-15-19(29)14-22(18(24)3)27(36)31-16-23-25(35)13-17(2)32-26(23)28-30-11-12-37-28/h11-15,20-21H,6-10,16H2,1-5H3,(H,31,36)(H,32,35). The minimum atomic E-state index is -0.251. The monoisotopic (exact) mass is 541 g/mol. The van der Waals surface area contributed by atoms with E-state index in [1.807, 2.05) is 25.3 Å². The molecule has 1 fully saturated rings. The quantitative estimate of drug-likeness (QED) is 0.399. The molecule has 0 unspecified atom stereocenters. The first-order valence-corrected chi connectivity index (χ1v) is 14.1. The van der Waals surface area contributed by atoms with Crippen LogP contribution in [0.1, 0.15) is 59.8 Å². The fourth-order valence-corrected chi connectivity index (χ4v) is 6.27. The van der Waals surface area contributed by atoms with Crippen LogP contribution < -0.4 is 15.6 Å². The number of amides is 1. The zero-order valence-electron chi connectivity index (χ0n) is 22.2. The molecule has 1 aliphatic carbocycles. The smallest absolute Gasteiger partial charge is 0.251 e. The highest BCUT2D eigenvalue weighted by Gasteiger charge is 2.28. The normalized spacial score (nSPS) is 17.7. The van der Waals surface area contributed by atoms with Gasteiger partial charge in [-0.2, -0.15) is 0 Å². The molecule has 7 nitrogen and oxygen atoms in total. The lowest BCUT2D eigenvalue weighted by molar-refractivity contribution is 0.0950.